The SMILES string of the molecule is Cc1nn(C)c2c1nc(CCCl)n2C1CCC(C)C1. The molecule has 1 saturated carbocycles. The van der Waals surface area contributed by atoms with Crippen molar-refractivity contribution in [3.63, 3.8) is 0 Å². The van der Waals surface area contributed by atoms with Crippen LogP contribution in [0.25, 0.3) is 11.2 Å². The molecule has 2 heterocycles. The maximum Gasteiger partial charge on any atom is 0.158 e. The number of hydrogen-bond acceptors (Lipinski definition) is 2. The molecule has 0 amide bonds. The van der Waals surface area contributed by atoms with Gasteiger partial charge in [-0.05, 0) is 32.1 Å². The highest BCUT2D eigenvalue weighted by molar-refractivity contribution is 6.17. The van der Waals surface area contributed by atoms with Gasteiger partial charge in [-0.25, -0.2) is 4.98 Å². The Labute approximate surface area is 118 Å². The molecule has 2 aromatic rings. The Balaban J connectivity index is 2.15. The van der Waals surface area contributed by atoms with Crippen LogP contribution in [0.5, 0.6) is 0 Å². The number of rotatable bonds is 3. The van der Waals surface area contributed by atoms with Gasteiger partial charge in [-0.3, -0.25) is 4.68 Å². The van der Waals surface area contributed by atoms with Crippen LogP contribution in [0.2, 0.25) is 0 Å². The maximum absolute atomic E-state index is 5.94. The lowest BCUT2D eigenvalue weighted by Gasteiger charge is -2.16. The van der Waals surface area contributed by atoms with Crippen LogP contribution >= 0.6 is 11.6 Å². The Morgan fingerprint density at radius 2 is 2.16 bits per heavy atom. The molecular weight excluding hydrogens is 260 g/mol. The summed E-state index contributed by atoms with van der Waals surface area (Å²) >= 11 is 5.94. The largest absolute Gasteiger partial charge is 0.310 e. The number of aryl methyl sites for hydroxylation is 3. The molecule has 0 radical (unpaired) electrons. The van der Waals surface area contributed by atoms with E-state index in [0.717, 1.165) is 35.0 Å². The van der Waals surface area contributed by atoms with Crippen LogP contribution in [0.4, 0.5) is 0 Å². The molecule has 4 nitrogen and oxygen atoms in total. The molecule has 2 atom stereocenters. The first kappa shape index (κ1) is 13.0. The fourth-order valence-corrected chi connectivity index (χ4v) is 3.57. The van der Waals surface area contributed by atoms with E-state index in [1.54, 1.807) is 0 Å². The second kappa shape index (κ2) is 4.82. The summed E-state index contributed by atoms with van der Waals surface area (Å²) in [5, 5.41) is 4.50. The van der Waals surface area contributed by atoms with Gasteiger partial charge in [0.2, 0.25) is 0 Å². The second-order valence-electron chi connectivity index (χ2n) is 5.79. The van der Waals surface area contributed by atoms with Gasteiger partial charge >= 0.3 is 0 Å². The first-order valence-corrected chi connectivity index (χ1v) is 7.61. The molecule has 104 valence electrons. The lowest BCUT2D eigenvalue weighted by Crippen LogP contribution is -2.13. The zero-order valence-corrected chi connectivity index (χ0v) is 12.6. The lowest BCUT2D eigenvalue weighted by molar-refractivity contribution is 0.481. The Kier molecular flexibility index (Phi) is 3.29. The van der Waals surface area contributed by atoms with E-state index in [0.29, 0.717) is 11.9 Å². The summed E-state index contributed by atoms with van der Waals surface area (Å²) in [6, 6.07) is 0.563. The lowest BCUT2D eigenvalue weighted by atomic mass is 10.1. The quantitative estimate of drug-likeness (QED) is 0.809. The molecule has 0 bridgehead atoms. The molecule has 1 fully saturated rings. The van der Waals surface area contributed by atoms with Crippen LogP contribution in [0.3, 0.4) is 0 Å². The van der Waals surface area contributed by atoms with E-state index in [4.69, 9.17) is 16.6 Å². The van der Waals surface area contributed by atoms with E-state index in [9.17, 15) is 0 Å². The first-order valence-electron chi connectivity index (χ1n) is 7.08. The molecule has 0 saturated heterocycles. The van der Waals surface area contributed by atoms with Gasteiger partial charge in [-0.2, -0.15) is 5.10 Å². The Morgan fingerprint density at radius 1 is 1.37 bits per heavy atom. The maximum atomic E-state index is 5.94. The summed E-state index contributed by atoms with van der Waals surface area (Å²) in [5.74, 6) is 2.55. The fraction of sp³-hybridized carbons (Fsp3) is 0.714. The molecule has 3 rings (SSSR count). The van der Waals surface area contributed by atoms with Gasteiger partial charge in [0.15, 0.2) is 5.65 Å². The topological polar surface area (TPSA) is 35.6 Å². The highest BCUT2D eigenvalue weighted by Gasteiger charge is 2.28. The van der Waals surface area contributed by atoms with Crippen molar-refractivity contribution in [1.29, 1.82) is 0 Å². The van der Waals surface area contributed by atoms with E-state index >= 15 is 0 Å². The highest BCUT2D eigenvalue weighted by atomic mass is 35.5. The smallest absolute Gasteiger partial charge is 0.158 e. The van der Waals surface area contributed by atoms with Crippen molar-refractivity contribution in [3.8, 4) is 0 Å². The number of halogens is 1. The minimum atomic E-state index is 0.563. The van der Waals surface area contributed by atoms with E-state index < -0.39 is 0 Å². The molecule has 5 heteroatoms. The third-order valence-corrected chi connectivity index (χ3v) is 4.45. The average Bonchev–Trinajstić information content (AvgIpc) is 2.99. The number of nitrogens with zero attached hydrogens (tertiary/aromatic N) is 4. The first-order chi connectivity index (χ1) is 9.11. The standard InChI is InChI=1S/C14H21ClN4/c1-9-4-5-11(8-9)19-12(6-7-15)16-13-10(2)17-18(3)14(13)19/h9,11H,4-8H2,1-3H3. The van der Waals surface area contributed by atoms with Crippen LogP contribution in [-0.2, 0) is 13.5 Å². The number of hydrogen-bond donors (Lipinski definition) is 0. The molecule has 1 aliphatic carbocycles. The van der Waals surface area contributed by atoms with Gasteiger partial charge in [0.1, 0.15) is 11.3 Å². The van der Waals surface area contributed by atoms with E-state index in [1.165, 1.54) is 19.3 Å². The Bertz CT molecular complexity index is 598. The van der Waals surface area contributed by atoms with Gasteiger partial charge in [0.25, 0.3) is 0 Å². The molecule has 19 heavy (non-hydrogen) atoms. The van der Waals surface area contributed by atoms with Crippen molar-refractivity contribution >= 4 is 22.8 Å². The summed E-state index contributed by atoms with van der Waals surface area (Å²) in [7, 11) is 2.01. The van der Waals surface area contributed by atoms with Crippen LogP contribution < -0.4 is 0 Å². The molecule has 2 unspecified atom stereocenters. The van der Waals surface area contributed by atoms with Gasteiger partial charge in [-0.15, -0.1) is 11.6 Å². The van der Waals surface area contributed by atoms with Crippen molar-refractivity contribution < 1.29 is 0 Å². The van der Waals surface area contributed by atoms with E-state index in [-0.39, 0.29) is 0 Å². The number of alkyl halides is 1. The molecule has 1 aliphatic rings. The van der Waals surface area contributed by atoms with Crippen molar-refractivity contribution in [3.05, 3.63) is 11.5 Å². The third-order valence-electron chi connectivity index (χ3n) is 4.26. The van der Waals surface area contributed by atoms with Crippen LogP contribution in [0.1, 0.15) is 43.7 Å². The van der Waals surface area contributed by atoms with Crippen LogP contribution in [0, 0.1) is 12.8 Å². The average molecular weight is 281 g/mol. The van der Waals surface area contributed by atoms with E-state index in [2.05, 4.69) is 16.6 Å². The normalized spacial score (nSPS) is 23.6. The molecular formula is C14H21ClN4. The second-order valence-corrected chi connectivity index (χ2v) is 6.17. The minimum absolute atomic E-state index is 0.563. The van der Waals surface area contributed by atoms with Crippen molar-refractivity contribution in [1.82, 2.24) is 19.3 Å². The molecule has 0 aromatic carbocycles. The predicted octanol–water partition coefficient (Wildman–Crippen LogP) is 3.22. The summed E-state index contributed by atoms with van der Waals surface area (Å²) in [4.78, 5) is 4.79. The summed E-state index contributed by atoms with van der Waals surface area (Å²) in [6.45, 7) is 4.37. The third kappa shape index (κ3) is 2.06. The molecule has 2 aromatic heterocycles. The van der Waals surface area contributed by atoms with E-state index in [1.807, 2.05) is 18.7 Å². The number of imidazole rings is 1. The van der Waals surface area contributed by atoms with Gasteiger partial charge in [0, 0.05) is 25.4 Å². The molecule has 0 spiro atoms. The zero-order valence-electron chi connectivity index (χ0n) is 11.9. The number of fused-ring (bicyclic) bond motifs is 1. The minimum Gasteiger partial charge on any atom is -0.310 e. The van der Waals surface area contributed by atoms with Crippen LogP contribution in [0.15, 0.2) is 0 Å². The Hall–Kier alpha value is -1.03. The van der Waals surface area contributed by atoms with Gasteiger partial charge in [-0.1, -0.05) is 6.92 Å². The predicted molar refractivity (Wildman–Crippen MR) is 77.7 cm³/mol. The van der Waals surface area contributed by atoms with Crippen molar-refractivity contribution in [2.45, 2.75) is 45.6 Å². The zero-order chi connectivity index (χ0) is 13.6. The van der Waals surface area contributed by atoms with Gasteiger partial charge < -0.3 is 4.57 Å². The van der Waals surface area contributed by atoms with Crippen molar-refractivity contribution in [2.24, 2.45) is 13.0 Å². The van der Waals surface area contributed by atoms with Crippen molar-refractivity contribution in [2.75, 3.05) is 5.88 Å². The Morgan fingerprint density at radius 3 is 2.79 bits per heavy atom. The summed E-state index contributed by atoms with van der Waals surface area (Å²) in [5.41, 5.74) is 3.22. The monoisotopic (exact) mass is 280 g/mol. The number of aromatic nitrogens is 4. The summed E-state index contributed by atoms with van der Waals surface area (Å²) in [6.07, 6.45) is 4.62. The highest BCUT2D eigenvalue weighted by Crippen LogP contribution is 2.37. The van der Waals surface area contributed by atoms with Crippen LogP contribution in [-0.4, -0.2) is 25.2 Å². The fourth-order valence-electron chi connectivity index (χ4n) is 3.40. The summed E-state index contributed by atoms with van der Waals surface area (Å²) < 4.78 is 4.37. The molecule has 0 aliphatic heterocycles. The molecule has 0 N–H and O–H groups in total. The van der Waals surface area contributed by atoms with Gasteiger partial charge in [0.05, 0.1) is 5.69 Å².